The SMILES string of the molecule is Cc1ccc([S@@](=O)CC(C)(C)C)cc1. The molecule has 1 nitrogen and oxygen atoms in total. The third-order valence-corrected chi connectivity index (χ3v) is 3.77. The second kappa shape index (κ2) is 4.26. The molecule has 0 aliphatic heterocycles. The molecular weight excluding hydrogens is 192 g/mol. The molecule has 0 radical (unpaired) electrons. The average molecular weight is 210 g/mol. The molecule has 0 heterocycles. The third-order valence-electron chi connectivity index (χ3n) is 1.85. The van der Waals surface area contributed by atoms with Crippen molar-refractivity contribution in [3.05, 3.63) is 29.8 Å². The average Bonchev–Trinajstić information content (AvgIpc) is 2.02. The van der Waals surface area contributed by atoms with Crippen LogP contribution in [0.4, 0.5) is 0 Å². The van der Waals surface area contributed by atoms with Gasteiger partial charge in [-0.3, -0.25) is 4.21 Å². The molecule has 0 spiro atoms. The molecule has 0 saturated heterocycles. The highest BCUT2D eigenvalue weighted by Crippen LogP contribution is 2.19. The van der Waals surface area contributed by atoms with Crippen molar-refractivity contribution in [2.24, 2.45) is 5.41 Å². The van der Waals surface area contributed by atoms with E-state index in [1.54, 1.807) is 0 Å². The fourth-order valence-electron chi connectivity index (χ4n) is 1.17. The second-order valence-electron chi connectivity index (χ2n) is 4.86. The molecule has 0 unspecified atom stereocenters. The predicted molar refractivity (Wildman–Crippen MR) is 61.9 cm³/mol. The van der Waals surface area contributed by atoms with E-state index in [4.69, 9.17) is 0 Å². The third kappa shape index (κ3) is 3.62. The lowest BCUT2D eigenvalue weighted by Crippen LogP contribution is -2.16. The number of hydrogen-bond acceptors (Lipinski definition) is 1. The molecule has 2 heteroatoms. The summed E-state index contributed by atoms with van der Waals surface area (Å²) < 4.78 is 11.9. The maximum absolute atomic E-state index is 11.9. The molecule has 1 atom stereocenters. The molecule has 0 N–H and O–H groups in total. The van der Waals surface area contributed by atoms with Gasteiger partial charge in [-0.15, -0.1) is 0 Å². The van der Waals surface area contributed by atoms with Gasteiger partial charge in [-0.2, -0.15) is 0 Å². The summed E-state index contributed by atoms with van der Waals surface area (Å²) in [5.74, 6) is 0.718. The predicted octanol–water partition coefficient (Wildman–Crippen LogP) is 3.15. The molecular formula is C12H18OS. The largest absolute Gasteiger partial charge is 0.254 e. The Hall–Kier alpha value is -0.630. The van der Waals surface area contributed by atoms with Gasteiger partial charge in [0.25, 0.3) is 0 Å². The number of rotatable bonds is 2. The van der Waals surface area contributed by atoms with Gasteiger partial charge < -0.3 is 0 Å². The van der Waals surface area contributed by atoms with Gasteiger partial charge in [-0.05, 0) is 24.5 Å². The van der Waals surface area contributed by atoms with Crippen molar-refractivity contribution in [3.8, 4) is 0 Å². The van der Waals surface area contributed by atoms with Crippen LogP contribution in [0.25, 0.3) is 0 Å². The lowest BCUT2D eigenvalue weighted by atomic mass is 10.0. The summed E-state index contributed by atoms with van der Waals surface area (Å²) >= 11 is 0. The Balaban J connectivity index is 2.76. The van der Waals surface area contributed by atoms with E-state index < -0.39 is 10.8 Å². The highest BCUT2D eigenvalue weighted by atomic mass is 32.2. The molecule has 0 aromatic heterocycles. The Bertz CT molecular complexity index is 319. The maximum atomic E-state index is 11.9. The maximum Gasteiger partial charge on any atom is 0.0534 e. The van der Waals surface area contributed by atoms with E-state index in [2.05, 4.69) is 20.8 Å². The van der Waals surface area contributed by atoms with E-state index in [0.717, 1.165) is 10.6 Å². The topological polar surface area (TPSA) is 17.1 Å². The first-order valence-electron chi connectivity index (χ1n) is 4.83. The number of hydrogen-bond donors (Lipinski definition) is 0. The zero-order valence-electron chi connectivity index (χ0n) is 9.33. The highest BCUT2D eigenvalue weighted by molar-refractivity contribution is 7.85. The monoisotopic (exact) mass is 210 g/mol. The second-order valence-corrected chi connectivity index (χ2v) is 6.31. The van der Waals surface area contributed by atoms with E-state index in [9.17, 15) is 4.21 Å². The van der Waals surface area contributed by atoms with Crippen molar-refractivity contribution in [3.63, 3.8) is 0 Å². The Kier molecular flexibility index (Phi) is 3.48. The van der Waals surface area contributed by atoms with Crippen LogP contribution in [-0.2, 0) is 10.8 Å². The van der Waals surface area contributed by atoms with Crippen molar-refractivity contribution in [1.29, 1.82) is 0 Å². The van der Waals surface area contributed by atoms with Gasteiger partial charge in [-0.1, -0.05) is 38.5 Å². The van der Waals surface area contributed by atoms with Crippen molar-refractivity contribution < 1.29 is 4.21 Å². The van der Waals surface area contributed by atoms with Crippen LogP contribution in [0.5, 0.6) is 0 Å². The summed E-state index contributed by atoms with van der Waals surface area (Å²) in [4.78, 5) is 0.936. The highest BCUT2D eigenvalue weighted by Gasteiger charge is 2.15. The minimum Gasteiger partial charge on any atom is -0.254 e. The van der Waals surface area contributed by atoms with Crippen LogP contribution in [0.3, 0.4) is 0 Å². The van der Waals surface area contributed by atoms with E-state index in [1.165, 1.54) is 5.56 Å². The van der Waals surface area contributed by atoms with E-state index in [0.29, 0.717) is 0 Å². The Morgan fingerprint density at radius 3 is 2.07 bits per heavy atom. The quantitative estimate of drug-likeness (QED) is 0.733. The molecule has 14 heavy (non-hydrogen) atoms. The first-order valence-corrected chi connectivity index (χ1v) is 6.15. The Morgan fingerprint density at radius 2 is 1.64 bits per heavy atom. The van der Waals surface area contributed by atoms with Gasteiger partial charge in [0.1, 0.15) is 0 Å². The van der Waals surface area contributed by atoms with Gasteiger partial charge in [0.2, 0.25) is 0 Å². The summed E-state index contributed by atoms with van der Waals surface area (Å²) in [6.45, 7) is 8.37. The summed E-state index contributed by atoms with van der Waals surface area (Å²) in [7, 11) is -0.861. The number of aryl methyl sites for hydroxylation is 1. The van der Waals surface area contributed by atoms with Crippen molar-refractivity contribution in [2.45, 2.75) is 32.6 Å². The fourth-order valence-corrected chi connectivity index (χ4v) is 2.56. The molecule has 78 valence electrons. The van der Waals surface area contributed by atoms with Gasteiger partial charge in [0.05, 0.1) is 10.8 Å². The van der Waals surface area contributed by atoms with Crippen LogP contribution < -0.4 is 0 Å². The van der Waals surface area contributed by atoms with Crippen LogP contribution in [0, 0.1) is 12.3 Å². The molecule has 0 aliphatic rings. The summed E-state index contributed by atoms with van der Waals surface area (Å²) in [6, 6.07) is 7.93. The summed E-state index contributed by atoms with van der Waals surface area (Å²) in [5.41, 5.74) is 1.33. The van der Waals surface area contributed by atoms with Gasteiger partial charge in [-0.25, -0.2) is 0 Å². The van der Waals surface area contributed by atoms with Crippen LogP contribution in [0.2, 0.25) is 0 Å². The standard InChI is InChI=1S/C12H18OS/c1-10-5-7-11(8-6-10)14(13)9-12(2,3)4/h5-8H,9H2,1-4H3/t14-/m0/s1. The van der Waals surface area contributed by atoms with Crippen LogP contribution >= 0.6 is 0 Å². The molecule has 1 aromatic carbocycles. The van der Waals surface area contributed by atoms with Crippen LogP contribution in [-0.4, -0.2) is 9.96 Å². The van der Waals surface area contributed by atoms with Crippen molar-refractivity contribution in [2.75, 3.05) is 5.75 Å². The zero-order chi connectivity index (χ0) is 10.8. The molecule has 1 aromatic rings. The van der Waals surface area contributed by atoms with E-state index in [1.807, 2.05) is 31.2 Å². The normalized spacial score (nSPS) is 14.0. The molecule has 0 saturated carbocycles. The summed E-state index contributed by atoms with van der Waals surface area (Å²) in [5, 5.41) is 0. The van der Waals surface area contributed by atoms with Crippen LogP contribution in [0.15, 0.2) is 29.2 Å². The van der Waals surface area contributed by atoms with Gasteiger partial charge >= 0.3 is 0 Å². The van der Waals surface area contributed by atoms with E-state index >= 15 is 0 Å². The Labute approximate surface area is 89.0 Å². The van der Waals surface area contributed by atoms with E-state index in [-0.39, 0.29) is 5.41 Å². The van der Waals surface area contributed by atoms with Gasteiger partial charge in [0.15, 0.2) is 0 Å². The smallest absolute Gasteiger partial charge is 0.0534 e. The number of benzene rings is 1. The minimum absolute atomic E-state index is 0.121. The molecule has 0 aliphatic carbocycles. The molecule has 0 amide bonds. The first kappa shape index (κ1) is 11.4. The molecule has 0 fully saturated rings. The minimum atomic E-state index is -0.861. The zero-order valence-corrected chi connectivity index (χ0v) is 10.1. The van der Waals surface area contributed by atoms with Crippen molar-refractivity contribution >= 4 is 10.8 Å². The lowest BCUT2D eigenvalue weighted by molar-refractivity contribution is 0.474. The molecule has 1 rings (SSSR count). The van der Waals surface area contributed by atoms with Gasteiger partial charge in [0, 0.05) is 10.6 Å². The molecule has 0 bridgehead atoms. The fraction of sp³-hybridized carbons (Fsp3) is 0.500. The summed E-state index contributed by atoms with van der Waals surface area (Å²) in [6.07, 6.45) is 0. The van der Waals surface area contributed by atoms with Crippen molar-refractivity contribution in [1.82, 2.24) is 0 Å². The first-order chi connectivity index (χ1) is 6.38. The lowest BCUT2D eigenvalue weighted by Gasteiger charge is -2.17. The Morgan fingerprint density at radius 1 is 1.14 bits per heavy atom. The van der Waals surface area contributed by atoms with Crippen LogP contribution in [0.1, 0.15) is 26.3 Å².